The van der Waals surface area contributed by atoms with Crippen LogP contribution in [0.3, 0.4) is 0 Å². The molecule has 31 heavy (non-hydrogen) atoms. The third kappa shape index (κ3) is 3.90. The molecule has 5 rings (SSSR count). The minimum atomic E-state index is -0.185. The average Bonchev–Trinajstić information content (AvgIpc) is 3.59. The molecule has 0 aromatic carbocycles. The molecule has 4 aromatic heterocycles. The summed E-state index contributed by atoms with van der Waals surface area (Å²) >= 11 is 1.67. The van der Waals surface area contributed by atoms with E-state index >= 15 is 0 Å². The normalized spacial score (nSPS) is 13.5. The van der Waals surface area contributed by atoms with Gasteiger partial charge < -0.3 is 5.32 Å². The topological polar surface area (TPSA) is 85.6 Å². The van der Waals surface area contributed by atoms with E-state index < -0.39 is 0 Å². The second-order valence-corrected chi connectivity index (χ2v) is 8.81. The highest BCUT2D eigenvalue weighted by Gasteiger charge is 2.29. The van der Waals surface area contributed by atoms with Gasteiger partial charge in [-0.1, -0.05) is 13.0 Å². The van der Waals surface area contributed by atoms with Crippen LogP contribution in [-0.4, -0.2) is 36.4 Å². The van der Waals surface area contributed by atoms with Crippen molar-refractivity contribution in [2.75, 3.05) is 11.1 Å². The summed E-state index contributed by atoms with van der Waals surface area (Å²) in [7, 11) is 0. The fraction of sp³-hybridized carbons (Fsp3) is 0.261. The molecule has 0 atom stereocenters. The van der Waals surface area contributed by atoms with E-state index in [1.165, 1.54) is 0 Å². The third-order valence-corrected chi connectivity index (χ3v) is 6.05. The Labute approximate surface area is 184 Å². The Morgan fingerprint density at radius 1 is 1.23 bits per heavy atom. The molecule has 0 aliphatic heterocycles. The molecular weight excluding hydrogens is 408 g/mol. The van der Waals surface area contributed by atoms with Gasteiger partial charge >= 0.3 is 0 Å². The van der Waals surface area contributed by atoms with Crippen molar-refractivity contribution in [3.63, 3.8) is 0 Å². The molecule has 1 saturated carbocycles. The number of thioether (sulfide) groups is 1. The lowest BCUT2D eigenvalue weighted by atomic mass is 10.1. The number of aromatic nitrogens is 5. The van der Waals surface area contributed by atoms with E-state index in [2.05, 4.69) is 27.3 Å². The summed E-state index contributed by atoms with van der Waals surface area (Å²) in [6.45, 7) is 3.98. The third-order valence-electron chi connectivity index (χ3n) is 5.23. The van der Waals surface area contributed by atoms with Crippen molar-refractivity contribution in [1.29, 1.82) is 0 Å². The standard InChI is InChI=1S/C23H22N6OS/c1-3-31-20-10-9-16(13-25-20)26-23(30)17-12-18(15-7-8-15)27-22-21(17)14(2)28-29(22)19-6-4-5-11-24-19/h4-6,9-13,15H,3,7-8H2,1-2H3,(H,26,30). The zero-order chi connectivity index (χ0) is 21.4. The van der Waals surface area contributed by atoms with E-state index in [-0.39, 0.29) is 5.91 Å². The van der Waals surface area contributed by atoms with Crippen molar-refractivity contribution in [2.24, 2.45) is 0 Å². The second-order valence-electron chi connectivity index (χ2n) is 7.52. The molecule has 8 heteroatoms. The zero-order valence-electron chi connectivity index (χ0n) is 17.4. The fourth-order valence-corrected chi connectivity index (χ4v) is 4.19. The van der Waals surface area contributed by atoms with Crippen molar-refractivity contribution >= 4 is 34.4 Å². The van der Waals surface area contributed by atoms with Crippen molar-refractivity contribution in [3.8, 4) is 5.82 Å². The molecule has 1 fully saturated rings. The quantitative estimate of drug-likeness (QED) is 0.444. The lowest BCUT2D eigenvalue weighted by molar-refractivity contribution is 0.102. The van der Waals surface area contributed by atoms with Crippen LogP contribution in [0.1, 0.15) is 47.4 Å². The molecule has 156 valence electrons. The second kappa shape index (κ2) is 8.11. The first-order chi connectivity index (χ1) is 15.1. The molecule has 4 heterocycles. The fourth-order valence-electron chi connectivity index (χ4n) is 3.60. The molecule has 0 radical (unpaired) electrons. The van der Waals surface area contributed by atoms with Crippen molar-refractivity contribution in [2.45, 2.75) is 37.6 Å². The maximum Gasteiger partial charge on any atom is 0.256 e. The van der Waals surface area contributed by atoms with Crippen LogP contribution in [-0.2, 0) is 0 Å². The highest BCUT2D eigenvalue weighted by atomic mass is 32.2. The van der Waals surface area contributed by atoms with E-state index in [1.54, 1.807) is 28.8 Å². The molecule has 0 bridgehead atoms. The Morgan fingerprint density at radius 2 is 2.10 bits per heavy atom. The number of amides is 1. The molecule has 1 aliphatic rings. The lowest BCUT2D eigenvalue weighted by Crippen LogP contribution is -2.14. The largest absolute Gasteiger partial charge is 0.321 e. The summed E-state index contributed by atoms with van der Waals surface area (Å²) in [5.41, 5.74) is 3.59. The Bertz CT molecular complexity index is 1250. The van der Waals surface area contributed by atoms with Crippen LogP contribution < -0.4 is 5.32 Å². The monoisotopic (exact) mass is 430 g/mol. The molecule has 1 N–H and O–H groups in total. The number of nitrogens with one attached hydrogen (secondary N) is 1. The van der Waals surface area contributed by atoms with E-state index in [1.807, 2.05) is 43.3 Å². The van der Waals surface area contributed by atoms with Crippen molar-refractivity contribution < 1.29 is 4.79 Å². The van der Waals surface area contributed by atoms with Crippen LogP contribution in [0.25, 0.3) is 16.9 Å². The average molecular weight is 431 g/mol. The number of rotatable bonds is 6. The first-order valence-electron chi connectivity index (χ1n) is 10.4. The minimum Gasteiger partial charge on any atom is -0.321 e. The lowest BCUT2D eigenvalue weighted by Gasteiger charge is -2.10. The van der Waals surface area contributed by atoms with Crippen molar-refractivity contribution in [1.82, 2.24) is 24.7 Å². The van der Waals surface area contributed by atoms with Crippen molar-refractivity contribution in [3.05, 3.63) is 65.7 Å². The molecule has 7 nitrogen and oxygen atoms in total. The number of fused-ring (bicyclic) bond motifs is 1. The maximum absolute atomic E-state index is 13.3. The smallest absolute Gasteiger partial charge is 0.256 e. The zero-order valence-corrected chi connectivity index (χ0v) is 18.2. The molecular formula is C23H22N6OS. The highest BCUT2D eigenvalue weighted by Crippen LogP contribution is 2.40. The summed E-state index contributed by atoms with van der Waals surface area (Å²) in [6.07, 6.45) is 5.61. The summed E-state index contributed by atoms with van der Waals surface area (Å²) in [5, 5.41) is 9.34. The Hall–Kier alpha value is -3.26. The van der Waals surface area contributed by atoms with Gasteiger partial charge in [0.15, 0.2) is 11.5 Å². The van der Waals surface area contributed by atoms with Gasteiger partial charge in [0.25, 0.3) is 5.91 Å². The van der Waals surface area contributed by atoms with Gasteiger partial charge in [-0.3, -0.25) is 4.79 Å². The molecule has 1 aliphatic carbocycles. The Kier molecular flexibility index (Phi) is 5.15. The Morgan fingerprint density at radius 3 is 2.77 bits per heavy atom. The number of carbonyl (C=O) groups is 1. The van der Waals surface area contributed by atoms with E-state index in [0.29, 0.717) is 28.6 Å². The van der Waals surface area contributed by atoms with Gasteiger partial charge in [0, 0.05) is 17.8 Å². The first kappa shape index (κ1) is 19.7. The van der Waals surface area contributed by atoms with Gasteiger partial charge in [0.05, 0.1) is 33.6 Å². The van der Waals surface area contributed by atoms with Crippen LogP contribution >= 0.6 is 11.8 Å². The van der Waals surface area contributed by atoms with E-state index in [9.17, 15) is 4.79 Å². The summed E-state index contributed by atoms with van der Waals surface area (Å²) in [5.74, 6) is 1.85. The predicted molar refractivity (Wildman–Crippen MR) is 122 cm³/mol. The number of hydrogen-bond acceptors (Lipinski definition) is 6. The van der Waals surface area contributed by atoms with Crippen LogP contribution in [0.4, 0.5) is 5.69 Å². The molecule has 0 spiro atoms. The van der Waals surface area contributed by atoms with Crippen LogP contribution in [0.15, 0.2) is 53.8 Å². The van der Waals surface area contributed by atoms with Gasteiger partial charge in [-0.25, -0.2) is 15.0 Å². The summed E-state index contributed by atoms with van der Waals surface area (Å²) < 4.78 is 1.73. The van der Waals surface area contributed by atoms with Crippen LogP contribution in [0.2, 0.25) is 0 Å². The summed E-state index contributed by atoms with van der Waals surface area (Å²) in [6, 6.07) is 11.4. The van der Waals surface area contributed by atoms with Gasteiger partial charge in [0.1, 0.15) is 0 Å². The predicted octanol–water partition coefficient (Wildman–Crippen LogP) is 4.76. The van der Waals surface area contributed by atoms with E-state index in [0.717, 1.165) is 40.4 Å². The molecule has 1 amide bonds. The van der Waals surface area contributed by atoms with Gasteiger partial charge in [-0.05, 0) is 55.9 Å². The molecule has 0 saturated heterocycles. The number of carbonyl (C=O) groups excluding carboxylic acids is 1. The number of pyridine rings is 3. The highest BCUT2D eigenvalue weighted by molar-refractivity contribution is 7.99. The molecule has 4 aromatic rings. The summed E-state index contributed by atoms with van der Waals surface area (Å²) in [4.78, 5) is 27.0. The number of anilines is 1. The van der Waals surface area contributed by atoms with Gasteiger partial charge in [-0.15, -0.1) is 11.8 Å². The minimum absolute atomic E-state index is 0.185. The van der Waals surface area contributed by atoms with Gasteiger partial charge in [0.2, 0.25) is 0 Å². The number of aryl methyl sites for hydroxylation is 1. The van der Waals surface area contributed by atoms with Crippen LogP contribution in [0, 0.1) is 6.92 Å². The van der Waals surface area contributed by atoms with Gasteiger partial charge in [-0.2, -0.15) is 9.78 Å². The molecule has 0 unspecified atom stereocenters. The Balaban J connectivity index is 1.57. The number of hydrogen-bond donors (Lipinski definition) is 1. The maximum atomic E-state index is 13.3. The van der Waals surface area contributed by atoms with E-state index in [4.69, 9.17) is 4.98 Å². The first-order valence-corrected chi connectivity index (χ1v) is 11.3. The van der Waals surface area contributed by atoms with Crippen LogP contribution in [0.5, 0.6) is 0 Å². The number of nitrogens with zero attached hydrogens (tertiary/aromatic N) is 5. The SMILES string of the molecule is CCSc1ccc(NC(=O)c2cc(C3CC3)nc3c2c(C)nn3-c2ccccn2)cn1.